The maximum Gasteiger partial charge on any atom is 0.573 e. The number of hydrogen-bond acceptors (Lipinski definition) is 6. The maximum atomic E-state index is 13.9. The zero-order chi connectivity index (χ0) is 30.6. The van der Waals surface area contributed by atoms with Crippen molar-refractivity contribution < 1.29 is 27.8 Å². The summed E-state index contributed by atoms with van der Waals surface area (Å²) in [7, 11) is 0. The van der Waals surface area contributed by atoms with Crippen LogP contribution in [0.15, 0.2) is 72.8 Å². The number of benzene rings is 3. The first-order valence-electron chi connectivity index (χ1n) is 14.3. The Balaban J connectivity index is 1.35. The number of aryl methyl sites for hydroxylation is 1. The molecule has 0 aliphatic carbocycles. The Hall–Kier alpha value is -3.67. The van der Waals surface area contributed by atoms with Gasteiger partial charge in [-0.15, -0.1) is 13.2 Å². The quantitative estimate of drug-likeness (QED) is 0.150. The molecule has 0 saturated heterocycles. The van der Waals surface area contributed by atoms with Crippen LogP contribution < -0.4 is 20.1 Å². The highest BCUT2D eigenvalue weighted by atomic mass is 32.2. The fourth-order valence-corrected chi connectivity index (χ4v) is 6.28. The van der Waals surface area contributed by atoms with Crippen LogP contribution in [0, 0.1) is 0 Å². The van der Waals surface area contributed by atoms with Gasteiger partial charge in [-0.2, -0.15) is 0 Å². The van der Waals surface area contributed by atoms with E-state index in [1.807, 2.05) is 36.4 Å². The normalized spacial score (nSPS) is 16.3. The first-order valence-corrected chi connectivity index (χ1v) is 15.2. The van der Waals surface area contributed by atoms with Crippen molar-refractivity contribution in [1.82, 2.24) is 15.2 Å². The van der Waals surface area contributed by atoms with Crippen LogP contribution in [-0.4, -0.2) is 46.4 Å². The third-order valence-electron chi connectivity index (χ3n) is 7.54. The van der Waals surface area contributed by atoms with Gasteiger partial charge in [0.25, 0.3) is 5.91 Å². The van der Waals surface area contributed by atoms with E-state index in [2.05, 4.69) is 50.6 Å². The van der Waals surface area contributed by atoms with E-state index in [0.717, 1.165) is 39.9 Å². The van der Waals surface area contributed by atoms with E-state index in [9.17, 15) is 23.1 Å². The van der Waals surface area contributed by atoms with Gasteiger partial charge in [-0.1, -0.05) is 67.4 Å². The van der Waals surface area contributed by atoms with Crippen LogP contribution in [0.25, 0.3) is 10.9 Å². The minimum Gasteiger partial charge on any atom is -0.406 e. The second kappa shape index (κ2) is 13.3. The van der Waals surface area contributed by atoms with Crippen molar-refractivity contribution in [2.45, 2.75) is 57.8 Å². The third kappa shape index (κ3) is 7.46. The van der Waals surface area contributed by atoms with Crippen molar-refractivity contribution in [3.63, 3.8) is 0 Å². The number of nitrogens with zero attached hydrogens (tertiary/aromatic N) is 1. The topological polar surface area (TPSA) is 87.6 Å². The Kier molecular flexibility index (Phi) is 9.53. The number of carbonyl (C=O) groups excluding carboxylic acids is 1. The molecule has 11 heteroatoms. The van der Waals surface area contributed by atoms with Crippen molar-refractivity contribution in [2.24, 2.45) is 0 Å². The number of ether oxygens (including phenoxy) is 1. The summed E-state index contributed by atoms with van der Waals surface area (Å²) in [5.41, 5.74) is 5.18. The van der Waals surface area contributed by atoms with Crippen LogP contribution in [-0.2, 0) is 19.4 Å². The molecule has 1 amide bonds. The zero-order valence-corrected chi connectivity index (χ0v) is 24.8. The lowest BCUT2D eigenvalue weighted by Gasteiger charge is -2.26. The van der Waals surface area contributed by atoms with Gasteiger partial charge in [0.2, 0.25) is 0 Å². The summed E-state index contributed by atoms with van der Waals surface area (Å²) in [4.78, 5) is 13.9. The molecule has 0 saturated carbocycles. The van der Waals surface area contributed by atoms with Gasteiger partial charge in [0.15, 0.2) is 0 Å². The van der Waals surface area contributed by atoms with Crippen molar-refractivity contribution >= 4 is 34.4 Å². The first kappa shape index (κ1) is 30.8. The third-order valence-corrected chi connectivity index (χ3v) is 8.56. The number of aromatic nitrogens is 1. The van der Waals surface area contributed by atoms with Crippen molar-refractivity contribution in [1.29, 1.82) is 0 Å². The SMILES string of the molecule is CCc1ccc2c3c1cc(C(=O)N[C@@H](Cc1ccccc1)[C@H](O)CNCc1cccc(OC(F)(F)F)c1)n3C(C)CSN2. The Bertz CT molecular complexity index is 1560. The molecule has 0 fully saturated rings. The van der Waals surface area contributed by atoms with E-state index < -0.39 is 18.5 Å². The average molecular weight is 613 g/mol. The number of aliphatic hydroxyl groups excluding tert-OH is 1. The summed E-state index contributed by atoms with van der Waals surface area (Å²) in [5, 5.41) is 18.5. The fourth-order valence-electron chi connectivity index (χ4n) is 5.49. The molecular formula is C32H35F3N4O3S. The second-order valence-electron chi connectivity index (χ2n) is 10.7. The van der Waals surface area contributed by atoms with E-state index >= 15 is 0 Å². The Morgan fingerprint density at radius 2 is 1.88 bits per heavy atom. The molecule has 1 unspecified atom stereocenters. The lowest BCUT2D eigenvalue weighted by Crippen LogP contribution is -2.49. The van der Waals surface area contributed by atoms with Gasteiger partial charge >= 0.3 is 6.36 Å². The molecule has 7 nitrogen and oxygen atoms in total. The summed E-state index contributed by atoms with van der Waals surface area (Å²) in [5.74, 6) is 0.188. The van der Waals surface area contributed by atoms with Gasteiger partial charge in [0.05, 0.1) is 23.3 Å². The van der Waals surface area contributed by atoms with E-state index in [1.165, 1.54) is 18.2 Å². The molecule has 0 radical (unpaired) electrons. The first-order chi connectivity index (χ1) is 20.6. The Morgan fingerprint density at radius 1 is 1.12 bits per heavy atom. The largest absolute Gasteiger partial charge is 0.573 e. The summed E-state index contributed by atoms with van der Waals surface area (Å²) in [6.07, 6.45) is -4.54. The minimum atomic E-state index is -4.78. The highest BCUT2D eigenvalue weighted by Gasteiger charge is 2.31. The van der Waals surface area contributed by atoms with Gasteiger partial charge in [0.1, 0.15) is 11.4 Å². The van der Waals surface area contributed by atoms with Crippen LogP contribution in [0.4, 0.5) is 18.9 Å². The number of halogens is 3. The molecule has 3 aromatic carbocycles. The number of hydrogen-bond donors (Lipinski definition) is 4. The van der Waals surface area contributed by atoms with E-state index in [1.54, 1.807) is 18.0 Å². The number of alkyl halides is 3. The molecule has 0 bridgehead atoms. The van der Waals surface area contributed by atoms with Crippen molar-refractivity contribution in [2.75, 3.05) is 17.0 Å². The zero-order valence-electron chi connectivity index (χ0n) is 23.9. The highest BCUT2D eigenvalue weighted by Crippen LogP contribution is 2.37. The lowest BCUT2D eigenvalue weighted by molar-refractivity contribution is -0.274. The molecule has 3 atom stereocenters. The minimum absolute atomic E-state index is 0.0559. The molecule has 1 aromatic heterocycles. The average Bonchev–Trinajstić information content (AvgIpc) is 3.30. The van der Waals surface area contributed by atoms with Gasteiger partial charge < -0.3 is 29.8 Å². The van der Waals surface area contributed by atoms with E-state index in [4.69, 9.17) is 0 Å². The standard InChI is InChI=1S/C32H35F3N4O3S/c1-3-23-12-13-26-30-25(23)16-28(39(30)20(2)19-43-38-26)31(41)37-27(15-21-8-5-4-6-9-21)29(40)18-36-17-22-10-7-11-24(14-22)42-32(33,34)35/h4-14,16,20,27,29,36,38,40H,3,15,17-19H2,1-2H3,(H,37,41)/t20?,27-,29+/m0/s1. The van der Waals surface area contributed by atoms with Crippen LogP contribution in [0.3, 0.4) is 0 Å². The van der Waals surface area contributed by atoms with Gasteiger partial charge in [-0.05, 0) is 60.7 Å². The van der Waals surface area contributed by atoms with Gasteiger partial charge in [0, 0.05) is 30.3 Å². The number of nitrogens with one attached hydrogen (secondary N) is 3. The molecule has 2 heterocycles. The van der Waals surface area contributed by atoms with Crippen LogP contribution in [0.5, 0.6) is 5.75 Å². The number of amides is 1. The molecular weight excluding hydrogens is 577 g/mol. The molecule has 43 heavy (non-hydrogen) atoms. The molecule has 1 aliphatic rings. The van der Waals surface area contributed by atoms with E-state index in [0.29, 0.717) is 17.7 Å². The van der Waals surface area contributed by atoms with E-state index in [-0.39, 0.29) is 30.8 Å². The molecule has 5 rings (SSSR count). The van der Waals surface area contributed by atoms with Crippen LogP contribution >= 0.6 is 11.9 Å². The highest BCUT2D eigenvalue weighted by molar-refractivity contribution is 8.00. The molecule has 4 N–H and O–H groups in total. The Morgan fingerprint density at radius 3 is 2.63 bits per heavy atom. The molecule has 4 aromatic rings. The number of carbonyl (C=O) groups is 1. The van der Waals surface area contributed by atoms with Crippen LogP contribution in [0.2, 0.25) is 0 Å². The Labute approximate surface area is 252 Å². The summed E-state index contributed by atoms with van der Waals surface area (Å²) < 4.78 is 47.4. The van der Waals surface area contributed by atoms with Gasteiger partial charge in [-0.3, -0.25) is 4.79 Å². The van der Waals surface area contributed by atoms with Crippen molar-refractivity contribution in [3.05, 3.63) is 95.2 Å². The predicted molar refractivity (Wildman–Crippen MR) is 164 cm³/mol. The number of anilines is 1. The molecule has 228 valence electrons. The summed E-state index contributed by atoms with van der Waals surface area (Å²) in [6, 6.07) is 20.8. The fraction of sp³-hybridized carbons (Fsp3) is 0.344. The van der Waals surface area contributed by atoms with Gasteiger partial charge in [-0.25, -0.2) is 0 Å². The molecule has 0 spiro atoms. The monoisotopic (exact) mass is 612 g/mol. The van der Waals surface area contributed by atoms with Crippen molar-refractivity contribution in [3.8, 4) is 5.75 Å². The second-order valence-corrected chi connectivity index (χ2v) is 11.5. The smallest absolute Gasteiger partial charge is 0.406 e. The molecule has 1 aliphatic heterocycles. The maximum absolute atomic E-state index is 13.9. The predicted octanol–water partition coefficient (Wildman–Crippen LogP) is 6.23. The lowest BCUT2D eigenvalue weighted by atomic mass is 10.0. The summed E-state index contributed by atoms with van der Waals surface area (Å²) >= 11 is 1.61. The number of rotatable bonds is 11. The van der Waals surface area contributed by atoms with Crippen LogP contribution in [0.1, 0.15) is 47.1 Å². The summed E-state index contributed by atoms with van der Waals surface area (Å²) in [6.45, 7) is 4.49. The number of aliphatic hydroxyl groups is 1.